The van der Waals surface area contributed by atoms with Crippen LogP contribution in [0.25, 0.3) is 0 Å². The molecule has 1 aromatic heterocycles. The maximum Gasteiger partial charge on any atom is 0.434 e. The van der Waals surface area contributed by atoms with E-state index in [-0.39, 0.29) is 22.4 Å². The second-order valence-electron chi connectivity index (χ2n) is 5.92. The molecule has 10 nitrogen and oxygen atoms in total. The summed E-state index contributed by atoms with van der Waals surface area (Å²) in [5.74, 6) is -4.12. The Balaban J connectivity index is 0.000000300. The molecule has 2 atom stereocenters. The first-order valence-electron chi connectivity index (χ1n) is 7.99. The Bertz CT molecular complexity index is 853. The minimum atomic E-state index is -4.48. The zero-order valence-corrected chi connectivity index (χ0v) is 15.3. The fourth-order valence-electron chi connectivity index (χ4n) is 1.92. The molecule has 0 amide bonds. The number of alkyl halides is 3. The van der Waals surface area contributed by atoms with E-state index >= 15 is 0 Å². The van der Waals surface area contributed by atoms with Gasteiger partial charge in [-0.1, -0.05) is 0 Å². The third-order valence-corrected chi connectivity index (χ3v) is 3.54. The number of hydrogen-bond donors (Lipinski definition) is 5. The Morgan fingerprint density at radius 3 is 1.50 bits per heavy atom. The second-order valence-corrected chi connectivity index (χ2v) is 5.92. The highest BCUT2D eigenvalue weighted by Gasteiger charge is 2.33. The molecule has 0 saturated carbocycles. The van der Waals surface area contributed by atoms with E-state index in [1.165, 1.54) is 0 Å². The molecule has 1 aromatic carbocycles. The number of aromatic carboxylic acids is 3. The average Bonchev–Trinajstić information content (AvgIpc) is 2.66. The second kappa shape index (κ2) is 9.76. The van der Waals surface area contributed by atoms with Crippen molar-refractivity contribution < 1.29 is 42.9 Å². The van der Waals surface area contributed by atoms with Gasteiger partial charge >= 0.3 is 24.1 Å². The van der Waals surface area contributed by atoms with E-state index in [0.717, 1.165) is 24.4 Å². The fraction of sp³-hybridized carbons (Fsp3) is 0.235. The van der Waals surface area contributed by atoms with Crippen LogP contribution in [-0.2, 0) is 6.18 Å². The summed E-state index contributed by atoms with van der Waals surface area (Å²) < 4.78 is 36.4. The standard InChI is InChI=1S/C9H6O6.C8H11F3N4/c10-7(11)4-1-5(8(12)13)3-6(2-4)9(14)15;1-4(12)7(13)5-2-15-6(3-14-5)8(9,10)11/h1-3H,(H,10,11)(H,12,13)(H,14,15);2-4,7H,12-13H2,1H3. The van der Waals surface area contributed by atoms with Gasteiger partial charge in [0.25, 0.3) is 0 Å². The summed E-state index contributed by atoms with van der Waals surface area (Å²) in [6, 6.07) is 1.70. The molecule has 0 aliphatic rings. The van der Waals surface area contributed by atoms with E-state index in [4.69, 9.17) is 26.8 Å². The molecule has 2 rings (SSSR count). The average molecular weight is 430 g/mol. The van der Waals surface area contributed by atoms with Gasteiger partial charge in [-0.25, -0.2) is 19.4 Å². The molecule has 0 spiro atoms. The van der Waals surface area contributed by atoms with Crippen LogP contribution in [0.15, 0.2) is 30.6 Å². The van der Waals surface area contributed by atoms with Gasteiger partial charge in [-0.3, -0.25) is 4.98 Å². The molecule has 1 heterocycles. The van der Waals surface area contributed by atoms with Crippen molar-refractivity contribution in [2.45, 2.75) is 25.2 Å². The number of benzene rings is 1. The molecular weight excluding hydrogens is 413 g/mol. The van der Waals surface area contributed by atoms with Crippen molar-refractivity contribution in [3.8, 4) is 0 Å². The summed E-state index contributed by atoms with van der Waals surface area (Å²) in [5.41, 5.74) is 9.17. The van der Waals surface area contributed by atoms with Crippen molar-refractivity contribution >= 4 is 17.9 Å². The van der Waals surface area contributed by atoms with Crippen molar-refractivity contribution in [3.63, 3.8) is 0 Å². The highest BCUT2D eigenvalue weighted by atomic mass is 19.4. The fourth-order valence-corrected chi connectivity index (χ4v) is 1.92. The Labute approximate surface area is 167 Å². The molecule has 13 heteroatoms. The van der Waals surface area contributed by atoms with Crippen molar-refractivity contribution in [3.05, 3.63) is 58.7 Å². The number of halogens is 3. The number of rotatable bonds is 5. The van der Waals surface area contributed by atoms with Gasteiger partial charge in [0.1, 0.15) is 0 Å². The molecule has 162 valence electrons. The molecule has 0 aliphatic heterocycles. The summed E-state index contributed by atoms with van der Waals surface area (Å²) in [7, 11) is 0. The predicted octanol–water partition coefficient (Wildman–Crippen LogP) is 1.62. The largest absolute Gasteiger partial charge is 0.478 e. The molecule has 30 heavy (non-hydrogen) atoms. The van der Waals surface area contributed by atoms with Crippen LogP contribution in [0.3, 0.4) is 0 Å². The van der Waals surface area contributed by atoms with Crippen LogP contribution < -0.4 is 11.5 Å². The predicted molar refractivity (Wildman–Crippen MR) is 94.9 cm³/mol. The van der Waals surface area contributed by atoms with Crippen LogP contribution in [0.4, 0.5) is 13.2 Å². The lowest BCUT2D eigenvalue weighted by molar-refractivity contribution is -0.141. The monoisotopic (exact) mass is 430 g/mol. The lowest BCUT2D eigenvalue weighted by atomic mass is 10.1. The van der Waals surface area contributed by atoms with Gasteiger partial charge in [-0.2, -0.15) is 13.2 Å². The van der Waals surface area contributed by atoms with Crippen molar-refractivity contribution in [1.29, 1.82) is 0 Å². The van der Waals surface area contributed by atoms with Crippen molar-refractivity contribution in [2.75, 3.05) is 0 Å². The molecule has 0 radical (unpaired) electrons. The van der Waals surface area contributed by atoms with Gasteiger partial charge < -0.3 is 26.8 Å². The normalized spacial score (nSPS) is 12.9. The zero-order chi connectivity index (χ0) is 23.2. The van der Waals surface area contributed by atoms with Crippen LogP contribution in [0.2, 0.25) is 0 Å². The molecule has 0 bridgehead atoms. The van der Waals surface area contributed by atoms with Gasteiger partial charge in [0, 0.05) is 6.04 Å². The lowest BCUT2D eigenvalue weighted by Crippen LogP contribution is -2.32. The molecule has 0 saturated heterocycles. The quantitative estimate of drug-likeness (QED) is 0.466. The van der Waals surface area contributed by atoms with E-state index < -0.39 is 41.9 Å². The van der Waals surface area contributed by atoms with Crippen molar-refractivity contribution in [1.82, 2.24) is 9.97 Å². The number of carboxylic acids is 3. The first kappa shape index (κ1) is 24.5. The van der Waals surface area contributed by atoms with Gasteiger partial charge in [0.2, 0.25) is 0 Å². The van der Waals surface area contributed by atoms with Gasteiger partial charge in [0.15, 0.2) is 5.69 Å². The molecular formula is C17H17F3N4O6. The first-order valence-corrected chi connectivity index (χ1v) is 7.99. The van der Waals surface area contributed by atoms with E-state index in [2.05, 4.69) is 9.97 Å². The molecule has 0 fully saturated rings. The minimum absolute atomic E-state index is 0.248. The smallest absolute Gasteiger partial charge is 0.434 e. The highest BCUT2D eigenvalue weighted by Crippen LogP contribution is 2.26. The number of nitrogens with two attached hydrogens (primary N) is 2. The SMILES string of the molecule is CC(N)C(N)c1cnc(C(F)(F)F)cn1.O=C(O)c1cc(C(=O)O)cc(C(=O)O)c1. The summed E-state index contributed by atoms with van der Waals surface area (Å²) in [6.45, 7) is 1.64. The number of carboxylic acid groups (broad SMARTS) is 3. The minimum Gasteiger partial charge on any atom is -0.478 e. The first-order chi connectivity index (χ1) is 13.7. The van der Waals surface area contributed by atoms with Crippen LogP contribution in [-0.4, -0.2) is 49.2 Å². The number of hydrogen-bond acceptors (Lipinski definition) is 7. The third kappa shape index (κ3) is 6.79. The van der Waals surface area contributed by atoms with Gasteiger partial charge in [0.05, 0.1) is 40.8 Å². The summed E-state index contributed by atoms with van der Waals surface area (Å²) in [6.07, 6.45) is -2.83. The summed E-state index contributed by atoms with van der Waals surface area (Å²) >= 11 is 0. The summed E-state index contributed by atoms with van der Waals surface area (Å²) in [4.78, 5) is 38.5. The topological polar surface area (TPSA) is 190 Å². The van der Waals surface area contributed by atoms with Gasteiger partial charge in [-0.05, 0) is 25.1 Å². The van der Waals surface area contributed by atoms with Crippen LogP contribution in [0.5, 0.6) is 0 Å². The number of carbonyl (C=O) groups is 3. The molecule has 2 unspecified atom stereocenters. The van der Waals surface area contributed by atoms with E-state index in [9.17, 15) is 27.6 Å². The summed E-state index contributed by atoms with van der Waals surface area (Å²) in [5, 5.41) is 25.8. The zero-order valence-electron chi connectivity index (χ0n) is 15.3. The molecule has 2 aromatic rings. The maximum atomic E-state index is 12.1. The highest BCUT2D eigenvalue weighted by molar-refractivity contribution is 5.98. The number of nitrogens with zero attached hydrogens (tertiary/aromatic N) is 2. The van der Waals surface area contributed by atoms with Crippen LogP contribution in [0.1, 0.15) is 55.4 Å². The van der Waals surface area contributed by atoms with E-state index in [0.29, 0.717) is 6.20 Å². The number of aromatic nitrogens is 2. The molecule has 7 N–H and O–H groups in total. The lowest BCUT2D eigenvalue weighted by Gasteiger charge is -2.14. The Morgan fingerprint density at radius 1 is 0.867 bits per heavy atom. The van der Waals surface area contributed by atoms with Crippen molar-refractivity contribution in [2.24, 2.45) is 11.5 Å². The maximum absolute atomic E-state index is 12.1. The third-order valence-electron chi connectivity index (χ3n) is 3.54. The van der Waals surface area contributed by atoms with Crippen LogP contribution in [0, 0.1) is 0 Å². The Kier molecular flexibility index (Phi) is 7.95. The molecule has 0 aliphatic carbocycles. The van der Waals surface area contributed by atoms with Gasteiger partial charge in [-0.15, -0.1) is 0 Å². The van der Waals surface area contributed by atoms with Crippen LogP contribution >= 0.6 is 0 Å². The van der Waals surface area contributed by atoms with E-state index in [1.54, 1.807) is 6.92 Å². The Hall–Kier alpha value is -3.58. The Morgan fingerprint density at radius 2 is 1.27 bits per heavy atom. The van der Waals surface area contributed by atoms with E-state index in [1.807, 2.05) is 0 Å².